The normalized spacial score (nSPS) is 12.4. The highest BCUT2D eigenvalue weighted by Gasteiger charge is 2.05. The molecule has 18 heavy (non-hydrogen) atoms. The van der Waals surface area contributed by atoms with E-state index in [4.69, 9.17) is 10.5 Å². The first-order chi connectivity index (χ1) is 8.56. The minimum absolute atomic E-state index is 0.0546. The van der Waals surface area contributed by atoms with Gasteiger partial charge in [0.05, 0.1) is 10.7 Å². The number of nitrogens with two attached hydrogens (primary N) is 1. The van der Waals surface area contributed by atoms with E-state index in [-0.39, 0.29) is 6.04 Å². The van der Waals surface area contributed by atoms with Crippen molar-refractivity contribution in [3.63, 3.8) is 0 Å². The molecule has 3 nitrogen and oxygen atoms in total. The molecule has 0 aliphatic carbocycles. The number of benzene rings is 1. The van der Waals surface area contributed by atoms with Gasteiger partial charge in [-0.05, 0) is 38.0 Å². The standard InChI is InChI=1S/C14H18N2OS/c1-9-6-12(10(2)15)4-5-14(9)17-7-13-8-18-11(3)16-13/h4-6,8,10H,7,15H2,1-3H3/t10-/m0/s1. The van der Waals surface area contributed by atoms with Gasteiger partial charge in [0.15, 0.2) is 0 Å². The van der Waals surface area contributed by atoms with Crippen molar-refractivity contribution >= 4 is 11.3 Å². The summed E-state index contributed by atoms with van der Waals surface area (Å²) in [7, 11) is 0. The van der Waals surface area contributed by atoms with Gasteiger partial charge in [-0.2, -0.15) is 0 Å². The SMILES string of the molecule is Cc1nc(COc2ccc([C@H](C)N)cc2C)cs1. The Labute approximate surface area is 112 Å². The van der Waals surface area contributed by atoms with E-state index < -0.39 is 0 Å². The van der Waals surface area contributed by atoms with Gasteiger partial charge >= 0.3 is 0 Å². The Hall–Kier alpha value is -1.39. The second-order valence-electron chi connectivity index (χ2n) is 4.46. The summed E-state index contributed by atoms with van der Waals surface area (Å²) in [5.74, 6) is 0.894. The Morgan fingerprint density at radius 1 is 1.39 bits per heavy atom. The summed E-state index contributed by atoms with van der Waals surface area (Å²) >= 11 is 1.64. The molecular formula is C14H18N2OS. The van der Waals surface area contributed by atoms with Crippen molar-refractivity contribution in [3.05, 3.63) is 45.4 Å². The van der Waals surface area contributed by atoms with E-state index in [0.29, 0.717) is 6.61 Å². The van der Waals surface area contributed by atoms with Crippen LogP contribution >= 0.6 is 11.3 Å². The fraction of sp³-hybridized carbons (Fsp3) is 0.357. The Morgan fingerprint density at radius 3 is 2.72 bits per heavy atom. The maximum Gasteiger partial charge on any atom is 0.131 e. The summed E-state index contributed by atoms with van der Waals surface area (Å²) in [6, 6.07) is 6.12. The first-order valence-corrected chi connectivity index (χ1v) is 6.84. The number of hydrogen-bond donors (Lipinski definition) is 1. The minimum Gasteiger partial charge on any atom is -0.487 e. The fourth-order valence-corrected chi connectivity index (χ4v) is 2.34. The average Bonchev–Trinajstić information content (AvgIpc) is 2.73. The molecule has 0 unspecified atom stereocenters. The van der Waals surface area contributed by atoms with Gasteiger partial charge in [-0.1, -0.05) is 12.1 Å². The van der Waals surface area contributed by atoms with Crippen LogP contribution in [0.3, 0.4) is 0 Å². The fourth-order valence-electron chi connectivity index (χ4n) is 1.74. The molecule has 0 bridgehead atoms. The van der Waals surface area contributed by atoms with Gasteiger partial charge in [0.2, 0.25) is 0 Å². The van der Waals surface area contributed by atoms with E-state index in [9.17, 15) is 0 Å². The van der Waals surface area contributed by atoms with Gasteiger partial charge in [-0.15, -0.1) is 11.3 Å². The second kappa shape index (κ2) is 5.50. The van der Waals surface area contributed by atoms with E-state index in [2.05, 4.69) is 11.1 Å². The van der Waals surface area contributed by atoms with Crippen LogP contribution in [0.1, 0.15) is 34.8 Å². The van der Waals surface area contributed by atoms with Crippen LogP contribution in [0.5, 0.6) is 5.75 Å². The number of thiazole rings is 1. The van der Waals surface area contributed by atoms with Crippen LogP contribution in [0.15, 0.2) is 23.6 Å². The molecule has 0 saturated carbocycles. The maximum absolute atomic E-state index is 5.85. The summed E-state index contributed by atoms with van der Waals surface area (Å²) in [6.07, 6.45) is 0. The number of hydrogen-bond acceptors (Lipinski definition) is 4. The molecule has 0 saturated heterocycles. The van der Waals surface area contributed by atoms with E-state index >= 15 is 0 Å². The molecule has 0 spiro atoms. The summed E-state index contributed by atoms with van der Waals surface area (Å²) in [4.78, 5) is 4.37. The lowest BCUT2D eigenvalue weighted by Gasteiger charge is -2.11. The first-order valence-electron chi connectivity index (χ1n) is 5.96. The molecule has 1 aromatic heterocycles. The van der Waals surface area contributed by atoms with Crippen LogP contribution in [0.2, 0.25) is 0 Å². The van der Waals surface area contributed by atoms with Gasteiger partial charge in [0, 0.05) is 11.4 Å². The molecule has 0 fully saturated rings. The zero-order valence-electron chi connectivity index (χ0n) is 10.9. The third-order valence-corrected chi connectivity index (χ3v) is 3.59. The van der Waals surface area contributed by atoms with Gasteiger partial charge in [-0.25, -0.2) is 4.98 Å². The lowest BCUT2D eigenvalue weighted by molar-refractivity contribution is 0.300. The highest BCUT2D eigenvalue weighted by molar-refractivity contribution is 7.09. The predicted octanol–water partition coefficient (Wildman–Crippen LogP) is 3.36. The first kappa shape index (κ1) is 13.1. The minimum atomic E-state index is 0.0546. The van der Waals surface area contributed by atoms with Crippen molar-refractivity contribution < 1.29 is 4.74 Å². The Bertz CT molecular complexity index is 534. The van der Waals surface area contributed by atoms with Gasteiger partial charge < -0.3 is 10.5 Å². The monoisotopic (exact) mass is 262 g/mol. The zero-order chi connectivity index (χ0) is 13.1. The van der Waals surface area contributed by atoms with E-state index in [0.717, 1.165) is 27.6 Å². The predicted molar refractivity (Wildman–Crippen MR) is 75.0 cm³/mol. The zero-order valence-corrected chi connectivity index (χ0v) is 11.8. The van der Waals surface area contributed by atoms with Crippen molar-refractivity contribution in [3.8, 4) is 5.75 Å². The summed E-state index contributed by atoms with van der Waals surface area (Å²) in [5, 5.41) is 3.10. The molecule has 2 rings (SSSR count). The molecule has 4 heteroatoms. The molecule has 2 N–H and O–H groups in total. The Kier molecular flexibility index (Phi) is 3.99. The van der Waals surface area contributed by atoms with Crippen molar-refractivity contribution in [1.29, 1.82) is 0 Å². The lowest BCUT2D eigenvalue weighted by Crippen LogP contribution is -2.05. The van der Waals surface area contributed by atoms with Gasteiger partial charge in [0.1, 0.15) is 12.4 Å². The van der Waals surface area contributed by atoms with Crippen LogP contribution < -0.4 is 10.5 Å². The van der Waals surface area contributed by atoms with Crippen molar-refractivity contribution in [2.45, 2.75) is 33.4 Å². The number of rotatable bonds is 4. The van der Waals surface area contributed by atoms with Gasteiger partial charge in [-0.3, -0.25) is 0 Å². The molecule has 0 radical (unpaired) electrons. The molecule has 0 aliphatic rings. The van der Waals surface area contributed by atoms with Crippen molar-refractivity contribution in [2.24, 2.45) is 5.73 Å². The number of nitrogens with zero attached hydrogens (tertiary/aromatic N) is 1. The molecule has 0 aliphatic heterocycles. The van der Waals surface area contributed by atoms with Crippen LogP contribution in [-0.4, -0.2) is 4.98 Å². The summed E-state index contributed by atoms with van der Waals surface area (Å²) in [5.41, 5.74) is 9.07. The van der Waals surface area contributed by atoms with E-state index in [1.165, 1.54) is 0 Å². The quantitative estimate of drug-likeness (QED) is 0.919. The largest absolute Gasteiger partial charge is 0.487 e. The number of ether oxygens (including phenoxy) is 1. The molecular weight excluding hydrogens is 244 g/mol. The lowest BCUT2D eigenvalue weighted by atomic mass is 10.1. The molecule has 2 aromatic rings. The molecule has 1 aromatic carbocycles. The van der Waals surface area contributed by atoms with Crippen molar-refractivity contribution in [2.75, 3.05) is 0 Å². The number of aromatic nitrogens is 1. The molecule has 96 valence electrons. The highest BCUT2D eigenvalue weighted by atomic mass is 32.1. The Balaban J connectivity index is 2.05. The smallest absolute Gasteiger partial charge is 0.131 e. The third-order valence-electron chi connectivity index (χ3n) is 2.77. The van der Waals surface area contributed by atoms with Crippen LogP contribution in [0.4, 0.5) is 0 Å². The van der Waals surface area contributed by atoms with Crippen molar-refractivity contribution in [1.82, 2.24) is 4.98 Å². The maximum atomic E-state index is 5.85. The molecule has 1 atom stereocenters. The average molecular weight is 262 g/mol. The van der Waals surface area contributed by atoms with Crippen LogP contribution in [-0.2, 0) is 6.61 Å². The van der Waals surface area contributed by atoms with Gasteiger partial charge in [0.25, 0.3) is 0 Å². The van der Waals surface area contributed by atoms with E-state index in [1.807, 2.05) is 38.3 Å². The molecule has 0 amide bonds. The topological polar surface area (TPSA) is 48.1 Å². The molecule has 1 heterocycles. The number of aryl methyl sites for hydroxylation is 2. The summed E-state index contributed by atoms with van der Waals surface area (Å²) < 4.78 is 5.77. The Morgan fingerprint density at radius 2 is 2.17 bits per heavy atom. The summed E-state index contributed by atoms with van der Waals surface area (Å²) in [6.45, 7) is 6.53. The third kappa shape index (κ3) is 3.09. The van der Waals surface area contributed by atoms with E-state index in [1.54, 1.807) is 11.3 Å². The van der Waals surface area contributed by atoms with Crippen LogP contribution in [0, 0.1) is 13.8 Å². The van der Waals surface area contributed by atoms with Crippen LogP contribution in [0.25, 0.3) is 0 Å². The highest BCUT2D eigenvalue weighted by Crippen LogP contribution is 2.23. The second-order valence-corrected chi connectivity index (χ2v) is 5.52.